The van der Waals surface area contributed by atoms with E-state index in [0.29, 0.717) is 4.88 Å². The molecule has 8 heteroatoms. The molecule has 0 spiro atoms. The minimum Gasteiger partial charge on any atom is -0.378 e. The monoisotopic (exact) mass is 477 g/mol. The van der Waals surface area contributed by atoms with Gasteiger partial charge in [0.25, 0.3) is 5.91 Å². The predicted octanol–water partition coefficient (Wildman–Crippen LogP) is 4.12. The number of likely N-dealkylation sites (tertiary alicyclic amines) is 1. The first kappa shape index (κ1) is 22.8. The molecule has 2 N–H and O–H groups in total. The fourth-order valence-electron chi connectivity index (χ4n) is 4.47. The van der Waals surface area contributed by atoms with Gasteiger partial charge in [0.05, 0.1) is 19.4 Å². The Morgan fingerprint density at radius 1 is 1.00 bits per heavy atom. The topological polar surface area (TPSA) is 69.7 Å². The van der Waals surface area contributed by atoms with E-state index in [1.54, 1.807) is 6.20 Å². The molecule has 0 saturated carbocycles. The number of anilines is 3. The van der Waals surface area contributed by atoms with Crippen molar-refractivity contribution < 1.29 is 9.53 Å². The summed E-state index contributed by atoms with van der Waals surface area (Å²) < 4.78 is 5.42. The first-order valence-corrected chi connectivity index (χ1v) is 12.8. The Kier molecular flexibility index (Phi) is 7.38. The number of aromatic nitrogens is 1. The Morgan fingerprint density at radius 3 is 2.47 bits per heavy atom. The minimum atomic E-state index is -0.0327. The van der Waals surface area contributed by atoms with Crippen LogP contribution in [0, 0.1) is 0 Å². The zero-order chi connectivity index (χ0) is 23.2. The van der Waals surface area contributed by atoms with E-state index in [0.717, 1.165) is 69.6 Å². The molecule has 2 aromatic carbocycles. The Bertz CT molecular complexity index is 1060. The zero-order valence-electron chi connectivity index (χ0n) is 19.3. The van der Waals surface area contributed by atoms with E-state index < -0.39 is 0 Å². The number of hydrogen-bond donors (Lipinski definition) is 2. The average Bonchev–Trinajstić information content (AvgIpc) is 3.36. The number of ether oxygens (including phenoxy) is 1. The molecule has 1 aromatic heterocycles. The molecule has 7 nitrogen and oxygen atoms in total. The molecule has 2 fully saturated rings. The standard InChI is InChI=1S/C26H31N5O2S/c32-25(28-22-10-12-30(13-11-22)19-20-4-2-1-3-5-20)24-18-27-26(34-24)29-21-6-8-23(9-7-21)31-14-16-33-17-15-31/h1-9,18,22H,10-17,19H2,(H,27,29)(H,28,32). The first-order chi connectivity index (χ1) is 16.7. The van der Waals surface area contributed by atoms with E-state index in [1.807, 2.05) is 6.07 Å². The molecule has 1 amide bonds. The molecule has 0 radical (unpaired) electrons. The summed E-state index contributed by atoms with van der Waals surface area (Å²) >= 11 is 1.39. The number of hydrogen-bond acceptors (Lipinski definition) is 7. The number of amides is 1. The number of benzene rings is 2. The fourth-order valence-corrected chi connectivity index (χ4v) is 5.21. The van der Waals surface area contributed by atoms with E-state index in [4.69, 9.17) is 4.74 Å². The molecule has 3 aromatic rings. The summed E-state index contributed by atoms with van der Waals surface area (Å²) in [6.07, 6.45) is 3.60. The normalized spacial score (nSPS) is 17.5. The second-order valence-corrected chi connectivity index (χ2v) is 9.84. The number of carbonyl (C=O) groups excluding carboxylic acids is 1. The number of carbonyl (C=O) groups is 1. The average molecular weight is 478 g/mol. The second kappa shape index (κ2) is 11.0. The molecular formula is C26H31N5O2S. The van der Waals surface area contributed by atoms with Gasteiger partial charge in [-0.05, 0) is 42.7 Å². The number of rotatable bonds is 7. The molecule has 2 saturated heterocycles. The summed E-state index contributed by atoms with van der Waals surface area (Å²) in [6, 6.07) is 19.1. The van der Waals surface area contributed by atoms with Crippen molar-refractivity contribution in [3.05, 3.63) is 71.2 Å². The Labute approximate surface area is 204 Å². The highest BCUT2D eigenvalue weighted by atomic mass is 32.1. The SMILES string of the molecule is O=C(NC1CCN(Cc2ccccc2)CC1)c1cnc(Nc2ccc(N3CCOCC3)cc2)s1. The zero-order valence-corrected chi connectivity index (χ0v) is 20.1. The third kappa shape index (κ3) is 5.94. The van der Waals surface area contributed by atoms with Crippen LogP contribution >= 0.6 is 11.3 Å². The van der Waals surface area contributed by atoms with Crippen LogP contribution in [0.3, 0.4) is 0 Å². The quantitative estimate of drug-likeness (QED) is 0.534. The van der Waals surface area contributed by atoms with E-state index in [-0.39, 0.29) is 11.9 Å². The van der Waals surface area contributed by atoms with Gasteiger partial charge in [-0.15, -0.1) is 0 Å². The number of thiazole rings is 1. The van der Waals surface area contributed by atoms with Gasteiger partial charge in [0.15, 0.2) is 5.13 Å². The molecule has 0 aliphatic carbocycles. The molecule has 5 rings (SSSR count). The predicted molar refractivity (Wildman–Crippen MR) is 137 cm³/mol. The van der Waals surface area contributed by atoms with Crippen LogP contribution in [0.1, 0.15) is 28.1 Å². The van der Waals surface area contributed by atoms with E-state index >= 15 is 0 Å². The van der Waals surface area contributed by atoms with Gasteiger partial charge < -0.3 is 20.3 Å². The number of nitrogens with one attached hydrogen (secondary N) is 2. The van der Waals surface area contributed by atoms with Gasteiger partial charge in [-0.2, -0.15) is 0 Å². The van der Waals surface area contributed by atoms with Crippen molar-refractivity contribution in [2.45, 2.75) is 25.4 Å². The number of nitrogens with zero attached hydrogens (tertiary/aromatic N) is 3. The van der Waals surface area contributed by atoms with Crippen LogP contribution in [0.4, 0.5) is 16.5 Å². The van der Waals surface area contributed by atoms with Crippen LogP contribution < -0.4 is 15.5 Å². The van der Waals surface area contributed by atoms with Gasteiger partial charge in [-0.1, -0.05) is 41.7 Å². The van der Waals surface area contributed by atoms with E-state index in [1.165, 1.54) is 22.6 Å². The van der Waals surface area contributed by atoms with Crippen LogP contribution in [0.5, 0.6) is 0 Å². The van der Waals surface area contributed by atoms with Crippen molar-refractivity contribution >= 4 is 33.8 Å². The molecule has 178 valence electrons. The summed E-state index contributed by atoms with van der Waals surface area (Å²) in [5.74, 6) is -0.0327. The van der Waals surface area contributed by atoms with Gasteiger partial charge >= 0.3 is 0 Å². The highest BCUT2D eigenvalue weighted by Crippen LogP contribution is 2.25. The van der Waals surface area contributed by atoms with Crippen molar-refractivity contribution in [1.29, 1.82) is 0 Å². The lowest BCUT2D eigenvalue weighted by atomic mass is 10.0. The smallest absolute Gasteiger partial charge is 0.263 e. The molecule has 0 bridgehead atoms. The van der Waals surface area contributed by atoms with E-state index in [9.17, 15) is 4.79 Å². The molecule has 2 aliphatic rings. The van der Waals surface area contributed by atoms with Gasteiger partial charge in [-0.25, -0.2) is 4.98 Å². The minimum absolute atomic E-state index is 0.0327. The van der Waals surface area contributed by atoms with Gasteiger partial charge in [0.2, 0.25) is 0 Å². The molecule has 34 heavy (non-hydrogen) atoms. The molecule has 0 unspecified atom stereocenters. The van der Waals surface area contributed by atoms with Crippen molar-refractivity contribution in [3.8, 4) is 0 Å². The highest BCUT2D eigenvalue weighted by Gasteiger charge is 2.22. The fraction of sp³-hybridized carbons (Fsp3) is 0.385. The lowest BCUT2D eigenvalue weighted by molar-refractivity contribution is 0.0913. The number of morpholine rings is 1. The van der Waals surface area contributed by atoms with Crippen molar-refractivity contribution in [1.82, 2.24) is 15.2 Å². The largest absolute Gasteiger partial charge is 0.378 e. The maximum Gasteiger partial charge on any atom is 0.263 e. The van der Waals surface area contributed by atoms with Crippen LogP contribution in [0.2, 0.25) is 0 Å². The third-order valence-corrected chi connectivity index (χ3v) is 7.31. The Balaban J connectivity index is 1.09. The lowest BCUT2D eigenvalue weighted by Gasteiger charge is -2.32. The molecule has 3 heterocycles. The maximum absolute atomic E-state index is 12.8. The maximum atomic E-state index is 12.8. The second-order valence-electron chi connectivity index (χ2n) is 8.81. The Morgan fingerprint density at radius 2 is 1.74 bits per heavy atom. The summed E-state index contributed by atoms with van der Waals surface area (Å²) in [6.45, 7) is 6.35. The number of piperidine rings is 1. The lowest BCUT2D eigenvalue weighted by Crippen LogP contribution is -2.44. The highest BCUT2D eigenvalue weighted by molar-refractivity contribution is 7.17. The van der Waals surface area contributed by atoms with Crippen molar-refractivity contribution in [2.24, 2.45) is 0 Å². The van der Waals surface area contributed by atoms with Crippen LogP contribution in [-0.4, -0.2) is 61.2 Å². The van der Waals surface area contributed by atoms with Crippen molar-refractivity contribution in [3.63, 3.8) is 0 Å². The van der Waals surface area contributed by atoms with E-state index in [2.05, 4.69) is 73.9 Å². The van der Waals surface area contributed by atoms with Crippen molar-refractivity contribution in [2.75, 3.05) is 49.6 Å². The van der Waals surface area contributed by atoms with Gasteiger partial charge in [0.1, 0.15) is 4.88 Å². The summed E-state index contributed by atoms with van der Waals surface area (Å²) in [5.41, 5.74) is 3.50. The molecular weight excluding hydrogens is 446 g/mol. The molecule has 2 aliphatic heterocycles. The summed E-state index contributed by atoms with van der Waals surface area (Å²) in [7, 11) is 0. The third-order valence-electron chi connectivity index (χ3n) is 6.40. The van der Waals surface area contributed by atoms with Gasteiger partial charge in [0, 0.05) is 50.1 Å². The summed E-state index contributed by atoms with van der Waals surface area (Å²) in [5, 5.41) is 7.25. The van der Waals surface area contributed by atoms with Crippen LogP contribution in [-0.2, 0) is 11.3 Å². The van der Waals surface area contributed by atoms with Crippen LogP contribution in [0.25, 0.3) is 0 Å². The first-order valence-electron chi connectivity index (χ1n) is 12.0. The van der Waals surface area contributed by atoms with Gasteiger partial charge in [-0.3, -0.25) is 9.69 Å². The molecule has 0 atom stereocenters. The Hall–Kier alpha value is -2.94. The summed E-state index contributed by atoms with van der Waals surface area (Å²) in [4.78, 5) is 22.6. The van der Waals surface area contributed by atoms with Crippen LogP contribution in [0.15, 0.2) is 60.8 Å².